The van der Waals surface area contributed by atoms with Crippen LogP contribution >= 0.6 is 0 Å². The standard InChI is InChI=1S/C17H18FN3O6S/c1-27-16-7-6-14(21(23)24)9-15(16)20(28(2,25)26)11-17(22)19-10-12-4-3-5-13(18)8-12/h3-9H,10-11H2,1-2H3,(H,19,22). The van der Waals surface area contributed by atoms with Gasteiger partial charge in [-0.1, -0.05) is 12.1 Å². The van der Waals surface area contributed by atoms with Gasteiger partial charge in [0.1, 0.15) is 23.8 Å². The highest BCUT2D eigenvalue weighted by Gasteiger charge is 2.26. The van der Waals surface area contributed by atoms with E-state index in [0.29, 0.717) is 9.87 Å². The second-order valence-electron chi connectivity index (χ2n) is 5.79. The maximum atomic E-state index is 13.2. The number of carbonyl (C=O) groups is 1. The molecule has 0 radical (unpaired) electrons. The van der Waals surface area contributed by atoms with E-state index >= 15 is 0 Å². The Morgan fingerprint density at radius 2 is 2.00 bits per heavy atom. The first-order valence-electron chi connectivity index (χ1n) is 7.93. The summed E-state index contributed by atoms with van der Waals surface area (Å²) < 4.78 is 43.4. The summed E-state index contributed by atoms with van der Waals surface area (Å²) in [6.07, 6.45) is 0.866. The lowest BCUT2D eigenvalue weighted by atomic mass is 10.2. The molecule has 2 aromatic rings. The zero-order valence-corrected chi connectivity index (χ0v) is 15.9. The van der Waals surface area contributed by atoms with Crippen molar-refractivity contribution in [1.82, 2.24) is 5.32 Å². The number of benzene rings is 2. The highest BCUT2D eigenvalue weighted by molar-refractivity contribution is 7.92. The molecule has 0 atom stereocenters. The number of anilines is 1. The highest BCUT2D eigenvalue weighted by Crippen LogP contribution is 2.33. The van der Waals surface area contributed by atoms with Crippen molar-refractivity contribution < 1.29 is 27.3 Å². The van der Waals surface area contributed by atoms with Crippen LogP contribution < -0.4 is 14.4 Å². The first-order valence-corrected chi connectivity index (χ1v) is 9.78. The highest BCUT2D eigenvalue weighted by atomic mass is 32.2. The number of nitro benzene ring substituents is 1. The van der Waals surface area contributed by atoms with E-state index in [0.717, 1.165) is 18.4 Å². The summed E-state index contributed by atoms with van der Waals surface area (Å²) in [5, 5.41) is 13.5. The smallest absolute Gasteiger partial charge is 0.271 e. The molecule has 0 unspecified atom stereocenters. The summed E-state index contributed by atoms with van der Waals surface area (Å²) in [7, 11) is -2.69. The summed E-state index contributed by atoms with van der Waals surface area (Å²) in [5.41, 5.74) is -0.00286. The Morgan fingerprint density at radius 1 is 1.29 bits per heavy atom. The third kappa shape index (κ3) is 5.39. The lowest BCUT2D eigenvalue weighted by Gasteiger charge is -2.23. The van der Waals surface area contributed by atoms with E-state index in [1.165, 1.54) is 31.4 Å². The van der Waals surface area contributed by atoms with Crippen LogP contribution in [0.3, 0.4) is 0 Å². The molecule has 0 aliphatic rings. The molecule has 11 heteroatoms. The van der Waals surface area contributed by atoms with E-state index < -0.39 is 33.2 Å². The van der Waals surface area contributed by atoms with Crippen LogP contribution in [0.15, 0.2) is 42.5 Å². The van der Waals surface area contributed by atoms with E-state index in [1.807, 2.05) is 0 Å². The summed E-state index contributed by atoms with van der Waals surface area (Å²) in [5.74, 6) is -1.09. The van der Waals surface area contributed by atoms with Crippen LogP contribution in [0.1, 0.15) is 5.56 Å². The van der Waals surface area contributed by atoms with Crippen molar-refractivity contribution in [3.05, 3.63) is 64.0 Å². The van der Waals surface area contributed by atoms with Crippen molar-refractivity contribution in [2.45, 2.75) is 6.54 Å². The van der Waals surface area contributed by atoms with Gasteiger partial charge in [0.25, 0.3) is 5.69 Å². The van der Waals surface area contributed by atoms with Gasteiger partial charge in [0.15, 0.2) is 0 Å². The molecule has 2 aromatic carbocycles. The van der Waals surface area contributed by atoms with Crippen molar-refractivity contribution in [1.29, 1.82) is 0 Å². The average Bonchev–Trinajstić information content (AvgIpc) is 2.63. The molecule has 1 N–H and O–H groups in total. The second kappa shape index (κ2) is 8.65. The van der Waals surface area contributed by atoms with Crippen LogP contribution in [0.25, 0.3) is 0 Å². The van der Waals surface area contributed by atoms with Crippen molar-refractivity contribution in [3.8, 4) is 5.75 Å². The molecule has 9 nitrogen and oxygen atoms in total. The molecule has 0 spiro atoms. The number of amides is 1. The Kier molecular flexibility index (Phi) is 6.52. The zero-order chi connectivity index (χ0) is 20.9. The fourth-order valence-corrected chi connectivity index (χ4v) is 3.25. The van der Waals surface area contributed by atoms with Crippen LogP contribution in [0, 0.1) is 15.9 Å². The molecule has 0 saturated carbocycles. The number of methoxy groups -OCH3 is 1. The van der Waals surface area contributed by atoms with Crippen LogP contribution in [0.4, 0.5) is 15.8 Å². The molecule has 0 aliphatic heterocycles. The second-order valence-corrected chi connectivity index (χ2v) is 7.70. The number of non-ortho nitro benzene ring substituents is 1. The Labute approximate surface area is 160 Å². The van der Waals surface area contributed by atoms with Crippen LogP contribution in [0.2, 0.25) is 0 Å². The predicted molar refractivity (Wildman–Crippen MR) is 100 cm³/mol. The number of nitrogens with zero attached hydrogens (tertiary/aromatic N) is 2. The van der Waals surface area contributed by atoms with E-state index in [-0.39, 0.29) is 23.7 Å². The first-order chi connectivity index (χ1) is 13.1. The van der Waals surface area contributed by atoms with Crippen molar-refractivity contribution in [2.75, 3.05) is 24.2 Å². The van der Waals surface area contributed by atoms with Gasteiger partial charge in [-0.25, -0.2) is 12.8 Å². The normalized spacial score (nSPS) is 11.0. The number of carbonyl (C=O) groups excluding carboxylic acids is 1. The van der Waals surface area contributed by atoms with Gasteiger partial charge in [-0.2, -0.15) is 0 Å². The number of rotatable bonds is 8. The minimum atomic E-state index is -3.97. The molecule has 0 fully saturated rings. The number of hydrogen-bond acceptors (Lipinski definition) is 6. The van der Waals surface area contributed by atoms with Gasteiger partial charge in [-0.15, -0.1) is 0 Å². The number of nitro groups is 1. The molecular formula is C17H18FN3O6S. The number of sulfonamides is 1. The number of ether oxygens (including phenoxy) is 1. The molecule has 150 valence electrons. The maximum absolute atomic E-state index is 13.2. The third-order valence-electron chi connectivity index (χ3n) is 3.71. The monoisotopic (exact) mass is 411 g/mol. The van der Waals surface area contributed by atoms with E-state index in [4.69, 9.17) is 4.74 Å². The number of halogens is 1. The van der Waals surface area contributed by atoms with Gasteiger partial charge in [-0.05, 0) is 23.8 Å². The van der Waals surface area contributed by atoms with E-state index in [1.54, 1.807) is 6.07 Å². The largest absolute Gasteiger partial charge is 0.495 e. The van der Waals surface area contributed by atoms with Gasteiger partial charge in [-0.3, -0.25) is 19.2 Å². The molecule has 2 rings (SSSR count). The Morgan fingerprint density at radius 3 is 2.57 bits per heavy atom. The molecule has 0 aromatic heterocycles. The van der Waals surface area contributed by atoms with Crippen molar-refractivity contribution >= 4 is 27.3 Å². The van der Waals surface area contributed by atoms with Gasteiger partial charge < -0.3 is 10.1 Å². The first kappa shape index (κ1) is 21.1. The summed E-state index contributed by atoms with van der Waals surface area (Å²) in [6, 6.07) is 8.99. The Hall–Kier alpha value is -3.21. The Bertz CT molecular complexity index is 996. The SMILES string of the molecule is COc1ccc([N+](=O)[O-])cc1N(CC(=O)NCc1cccc(F)c1)S(C)(=O)=O. The topological polar surface area (TPSA) is 119 Å². The number of nitrogens with one attached hydrogen (secondary N) is 1. The van der Waals surface area contributed by atoms with Crippen molar-refractivity contribution in [2.24, 2.45) is 0 Å². The van der Waals surface area contributed by atoms with Crippen LogP contribution in [0.5, 0.6) is 5.75 Å². The van der Waals surface area contributed by atoms with E-state index in [9.17, 15) is 27.7 Å². The fraction of sp³-hybridized carbons (Fsp3) is 0.235. The minimum Gasteiger partial charge on any atom is -0.495 e. The quantitative estimate of drug-likeness (QED) is 0.523. The maximum Gasteiger partial charge on any atom is 0.271 e. The van der Waals surface area contributed by atoms with Crippen molar-refractivity contribution in [3.63, 3.8) is 0 Å². The average molecular weight is 411 g/mol. The molecule has 28 heavy (non-hydrogen) atoms. The molecule has 0 bridgehead atoms. The lowest BCUT2D eigenvalue weighted by molar-refractivity contribution is -0.384. The summed E-state index contributed by atoms with van der Waals surface area (Å²) >= 11 is 0. The van der Waals surface area contributed by atoms with Gasteiger partial charge in [0.05, 0.1) is 18.3 Å². The van der Waals surface area contributed by atoms with Crippen LogP contribution in [-0.4, -0.2) is 39.2 Å². The number of hydrogen-bond donors (Lipinski definition) is 1. The molecule has 0 saturated heterocycles. The molecule has 0 heterocycles. The van der Waals surface area contributed by atoms with Gasteiger partial charge in [0, 0.05) is 18.7 Å². The predicted octanol–water partition coefficient (Wildman–Crippen LogP) is 1.82. The van der Waals surface area contributed by atoms with Gasteiger partial charge in [0.2, 0.25) is 15.9 Å². The third-order valence-corrected chi connectivity index (χ3v) is 4.83. The van der Waals surface area contributed by atoms with Gasteiger partial charge >= 0.3 is 0 Å². The van der Waals surface area contributed by atoms with E-state index in [2.05, 4.69) is 5.32 Å². The Balaban J connectivity index is 2.26. The molecular weight excluding hydrogens is 393 g/mol. The zero-order valence-electron chi connectivity index (χ0n) is 15.1. The summed E-state index contributed by atoms with van der Waals surface area (Å²) in [4.78, 5) is 22.6. The minimum absolute atomic E-state index is 0.0136. The summed E-state index contributed by atoms with van der Waals surface area (Å²) in [6.45, 7) is -0.647. The molecule has 0 aliphatic carbocycles. The fourth-order valence-electron chi connectivity index (χ4n) is 2.40. The molecule has 1 amide bonds. The lowest BCUT2D eigenvalue weighted by Crippen LogP contribution is -2.40. The van der Waals surface area contributed by atoms with Crippen LogP contribution in [-0.2, 0) is 21.4 Å².